The van der Waals surface area contributed by atoms with Gasteiger partial charge in [0.2, 0.25) is 0 Å². The summed E-state index contributed by atoms with van der Waals surface area (Å²) < 4.78 is 0. The molecule has 6 nitrogen and oxygen atoms in total. The quantitative estimate of drug-likeness (QED) is 0.909. The Labute approximate surface area is 115 Å². The molecular weight excluding hydrogens is 258 g/mol. The maximum atomic E-state index is 12.2. The fraction of sp³-hybridized carbons (Fsp3) is 0.143. The van der Waals surface area contributed by atoms with Crippen molar-refractivity contribution in [2.45, 2.75) is 6.54 Å². The number of carboxylic acids is 1. The molecule has 0 aromatic carbocycles. The molecule has 1 N–H and O–H groups in total. The van der Waals surface area contributed by atoms with Crippen LogP contribution in [0.5, 0.6) is 0 Å². The first-order valence-electron chi connectivity index (χ1n) is 5.91. The van der Waals surface area contributed by atoms with Gasteiger partial charge >= 0.3 is 5.97 Å². The molecule has 2 aromatic rings. The van der Waals surface area contributed by atoms with E-state index in [1.807, 2.05) is 6.07 Å². The largest absolute Gasteiger partial charge is 0.477 e. The Balaban J connectivity index is 2.14. The summed E-state index contributed by atoms with van der Waals surface area (Å²) in [5.74, 6) is -1.42. The normalized spacial score (nSPS) is 10.1. The molecular formula is C14H13N3O3. The molecule has 0 unspecified atom stereocenters. The maximum Gasteiger partial charge on any atom is 0.354 e. The van der Waals surface area contributed by atoms with E-state index < -0.39 is 5.97 Å². The van der Waals surface area contributed by atoms with Crippen molar-refractivity contribution in [1.82, 2.24) is 14.9 Å². The fourth-order valence-electron chi connectivity index (χ4n) is 1.74. The molecule has 0 aliphatic rings. The minimum atomic E-state index is -1.16. The van der Waals surface area contributed by atoms with E-state index >= 15 is 0 Å². The van der Waals surface area contributed by atoms with Gasteiger partial charge in [0.15, 0.2) is 0 Å². The summed E-state index contributed by atoms with van der Waals surface area (Å²) in [5.41, 5.74) is 1.05. The first-order chi connectivity index (χ1) is 9.58. The number of hydrogen-bond acceptors (Lipinski definition) is 4. The van der Waals surface area contributed by atoms with Crippen molar-refractivity contribution in [1.29, 1.82) is 0 Å². The van der Waals surface area contributed by atoms with Crippen LogP contribution >= 0.6 is 0 Å². The van der Waals surface area contributed by atoms with Crippen molar-refractivity contribution in [3.8, 4) is 0 Å². The molecule has 1 amide bonds. The number of carbonyl (C=O) groups is 2. The Morgan fingerprint density at radius 2 is 2.10 bits per heavy atom. The van der Waals surface area contributed by atoms with E-state index in [1.54, 1.807) is 25.5 Å². The molecule has 102 valence electrons. The smallest absolute Gasteiger partial charge is 0.354 e. The minimum Gasteiger partial charge on any atom is -0.477 e. The van der Waals surface area contributed by atoms with Crippen LogP contribution in [0.15, 0.2) is 42.9 Å². The summed E-state index contributed by atoms with van der Waals surface area (Å²) in [6.07, 6.45) is 4.65. The molecule has 6 heteroatoms. The van der Waals surface area contributed by atoms with E-state index in [0.29, 0.717) is 12.1 Å². The van der Waals surface area contributed by atoms with Crippen molar-refractivity contribution in [2.75, 3.05) is 7.05 Å². The molecule has 0 atom stereocenters. The molecule has 0 bridgehead atoms. The topological polar surface area (TPSA) is 83.4 Å². The van der Waals surface area contributed by atoms with Crippen molar-refractivity contribution >= 4 is 11.9 Å². The van der Waals surface area contributed by atoms with Crippen LogP contribution in [0.1, 0.15) is 26.4 Å². The third-order valence-corrected chi connectivity index (χ3v) is 2.72. The lowest BCUT2D eigenvalue weighted by Gasteiger charge is -2.17. The Hall–Kier alpha value is -2.76. The number of rotatable bonds is 4. The first-order valence-corrected chi connectivity index (χ1v) is 5.91. The Morgan fingerprint density at radius 3 is 2.75 bits per heavy atom. The van der Waals surface area contributed by atoms with Gasteiger partial charge in [-0.15, -0.1) is 0 Å². The van der Waals surface area contributed by atoms with E-state index in [0.717, 1.165) is 5.56 Å². The van der Waals surface area contributed by atoms with E-state index in [-0.39, 0.29) is 11.6 Å². The zero-order valence-corrected chi connectivity index (χ0v) is 10.9. The summed E-state index contributed by atoms with van der Waals surface area (Å²) in [7, 11) is 1.65. The molecule has 0 saturated heterocycles. The number of nitrogens with zero attached hydrogens (tertiary/aromatic N) is 3. The van der Waals surface area contributed by atoms with Crippen LogP contribution in [-0.2, 0) is 6.54 Å². The standard InChI is InChI=1S/C14H13N3O3/c1-17(9-10-3-2-5-15-8-10)13(18)11-4-6-16-12(7-11)14(19)20/h2-8H,9H2,1H3,(H,19,20). The van der Waals surface area contributed by atoms with Gasteiger partial charge in [0.05, 0.1) is 0 Å². The van der Waals surface area contributed by atoms with Crippen LogP contribution in [0.3, 0.4) is 0 Å². The number of aromatic carboxylic acids is 1. The predicted molar refractivity (Wildman–Crippen MR) is 71.2 cm³/mol. The van der Waals surface area contributed by atoms with Gasteiger partial charge in [-0.2, -0.15) is 0 Å². The predicted octanol–water partition coefficient (Wildman–Crippen LogP) is 1.45. The fourth-order valence-corrected chi connectivity index (χ4v) is 1.74. The number of pyridine rings is 2. The molecule has 0 aliphatic carbocycles. The van der Waals surface area contributed by atoms with Crippen LogP contribution in [-0.4, -0.2) is 38.9 Å². The maximum absolute atomic E-state index is 12.2. The average Bonchev–Trinajstić information content (AvgIpc) is 2.47. The second-order valence-electron chi connectivity index (χ2n) is 4.26. The van der Waals surface area contributed by atoms with Crippen molar-refractivity contribution in [2.24, 2.45) is 0 Å². The van der Waals surface area contributed by atoms with Gasteiger partial charge in [0.25, 0.3) is 5.91 Å². The molecule has 2 rings (SSSR count). The van der Waals surface area contributed by atoms with Gasteiger partial charge < -0.3 is 10.0 Å². The van der Waals surface area contributed by atoms with Crippen LogP contribution in [0.25, 0.3) is 0 Å². The van der Waals surface area contributed by atoms with Crippen LogP contribution in [0.4, 0.5) is 0 Å². The molecule has 0 radical (unpaired) electrons. The average molecular weight is 271 g/mol. The number of hydrogen-bond donors (Lipinski definition) is 1. The number of carboxylic acid groups (broad SMARTS) is 1. The molecule has 0 aliphatic heterocycles. The van der Waals surface area contributed by atoms with Crippen molar-refractivity contribution in [3.05, 3.63) is 59.7 Å². The molecule has 0 saturated carbocycles. The molecule has 0 fully saturated rings. The van der Waals surface area contributed by atoms with Crippen molar-refractivity contribution < 1.29 is 14.7 Å². The Morgan fingerprint density at radius 1 is 1.30 bits per heavy atom. The third-order valence-electron chi connectivity index (χ3n) is 2.72. The molecule has 0 spiro atoms. The number of aromatic nitrogens is 2. The lowest BCUT2D eigenvalue weighted by atomic mass is 10.2. The summed E-state index contributed by atoms with van der Waals surface area (Å²) in [6.45, 7) is 0.400. The van der Waals surface area contributed by atoms with Gasteiger partial charge in [-0.3, -0.25) is 9.78 Å². The van der Waals surface area contributed by atoms with Gasteiger partial charge in [-0.25, -0.2) is 9.78 Å². The third kappa shape index (κ3) is 3.17. The van der Waals surface area contributed by atoms with Gasteiger partial charge in [0, 0.05) is 37.7 Å². The lowest BCUT2D eigenvalue weighted by Crippen LogP contribution is -2.26. The summed E-state index contributed by atoms with van der Waals surface area (Å²) in [6, 6.07) is 6.42. The van der Waals surface area contributed by atoms with Crippen LogP contribution in [0, 0.1) is 0 Å². The Kier molecular flexibility index (Phi) is 4.05. The van der Waals surface area contributed by atoms with Gasteiger partial charge in [-0.1, -0.05) is 6.07 Å². The van der Waals surface area contributed by atoms with E-state index in [1.165, 1.54) is 23.2 Å². The highest BCUT2D eigenvalue weighted by molar-refractivity contribution is 5.96. The van der Waals surface area contributed by atoms with Gasteiger partial charge in [-0.05, 0) is 23.8 Å². The zero-order valence-electron chi connectivity index (χ0n) is 10.9. The van der Waals surface area contributed by atoms with Gasteiger partial charge in [0.1, 0.15) is 5.69 Å². The number of carbonyl (C=O) groups excluding carboxylic acids is 1. The SMILES string of the molecule is CN(Cc1cccnc1)C(=O)c1ccnc(C(=O)O)c1. The highest BCUT2D eigenvalue weighted by Gasteiger charge is 2.14. The minimum absolute atomic E-state index is 0.148. The molecule has 2 heterocycles. The van der Waals surface area contributed by atoms with E-state index in [9.17, 15) is 9.59 Å². The summed E-state index contributed by atoms with van der Waals surface area (Å²) >= 11 is 0. The summed E-state index contributed by atoms with van der Waals surface area (Å²) in [5, 5.41) is 8.87. The Bertz CT molecular complexity index is 629. The highest BCUT2D eigenvalue weighted by Crippen LogP contribution is 2.08. The van der Waals surface area contributed by atoms with Crippen LogP contribution in [0.2, 0.25) is 0 Å². The molecule has 2 aromatic heterocycles. The van der Waals surface area contributed by atoms with E-state index in [4.69, 9.17) is 5.11 Å². The van der Waals surface area contributed by atoms with E-state index in [2.05, 4.69) is 9.97 Å². The number of amides is 1. The van der Waals surface area contributed by atoms with Crippen LogP contribution < -0.4 is 0 Å². The first kappa shape index (κ1) is 13.7. The lowest BCUT2D eigenvalue weighted by molar-refractivity contribution is 0.0690. The highest BCUT2D eigenvalue weighted by atomic mass is 16.4. The van der Waals surface area contributed by atoms with Crippen molar-refractivity contribution in [3.63, 3.8) is 0 Å². The summed E-state index contributed by atoms with van der Waals surface area (Å²) in [4.78, 5) is 32.2. The second kappa shape index (κ2) is 5.92. The molecule has 20 heavy (non-hydrogen) atoms. The second-order valence-corrected chi connectivity index (χ2v) is 4.26. The monoisotopic (exact) mass is 271 g/mol. The zero-order chi connectivity index (χ0) is 14.5.